The average Bonchev–Trinajstić information content (AvgIpc) is 3.25. The largest absolute Gasteiger partial charge is 0.298 e. The van der Waals surface area contributed by atoms with Crippen molar-refractivity contribution < 1.29 is 8.78 Å². The van der Waals surface area contributed by atoms with Gasteiger partial charge in [0.15, 0.2) is 0 Å². The first-order valence-electron chi connectivity index (χ1n) is 7.81. The molecule has 0 radical (unpaired) electrons. The van der Waals surface area contributed by atoms with Crippen molar-refractivity contribution in [3.63, 3.8) is 0 Å². The summed E-state index contributed by atoms with van der Waals surface area (Å²) in [5.74, 6) is -2.95. The molecule has 1 aliphatic rings. The summed E-state index contributed by atoms with van der Waals surface area (Å²) in [7, 11) is 0. The van der Waals surface area contributed by atoms with E-state index in [1.54, 1.807) is 12.3 Å². The van der Waals surface area contributed by atoms with Gasteiger partial charge in [0.1, 0.15) is 11.3 Å². The number of benzene rings is 1. The summed E-state index contributed by atoms with van der Waals surface area (Å²) < 4.78 is 28.8. The molecule has 3 nitrogen and oxygen atoms in total. The molecule has 120 valence electrons. The fourth-order valence-electron chi connectivity index (χ4n) is 3.05. The molecule has 0 N–H and O–H groups in total. The maximum Gasteiger partial charge on any atom is 0.286 e. The maximum atomic E-state index is 13.7. The highest BCUT2D eigenvalue weighted by Gasteiger charge is 2.44. The van der Waals surface area contributed by atoms with Crippen molar-refractivity contribution in [2.24, 2.45) is 0 Å². The zero-order valence-corrected chi connectivity index (χ0v) is 13.1. The number of imidazole rings is 1. The minimum atomic E-state index is -2.95. The van der Waals surface area contributed by atoms with E-state index in [1.807, 2.05) is 30.3 Å². The van der Waals surface area contributed by atoms with Gasteiger partial charge in [0, 0.05) is 13.1 Å². The van der Waals surface area contributed by atoms with E-state index < -0.39 is 5.92 Å². The van der Waals surface area contributed by atoms with Crippen LogP contribution in [0, 0.1) is 11.3 Å². The summed E-state index contributed by atoms with van der Waals surface area (Å²) in [4.78, 5) is 4.03. The molecule has 1 aromatic carbocycles. The van der Waals surface area contributed by atoms with Crippen molar-refractivity contribution >= 4 is 5.65 Å². The van der Waals surface area contributed by atoms with Gasteiger partial charge in [-0.3, -0.25) is 4.40 Å². The molecule has 0 saturated heterocycles. The van der Waals surface area contributed by atoms with Crippen LogP contribution >= 0.6 is 0 Å². The second-order valence-electron chi connectivity index (χ2n) is 6.45. The maximum absolute atomic E-state index is 13.7. The molecule has 0 bridgehead atoms. The molecule has 5 heteroatoms. The zero-order valence-electron chi connectivity index (χ0n) is 13.1. The van der Waals surface area contributed by atoms with Gasteiger partial charge in [0.25, 0.3) is 5.92 Å². The summed E-state index contributed by atoms with van der Waals surface area (Å²) in [5, 5.41) is 9.27. The van der Waals surface area contributed by atoms with Gasteiger partial charge in [-0.1, -0.05) is 24.3 Å². The highest BCUT2D eigenvalue weighted by Crippen LogP contribution is 2.47. The molecule has 0 atom stereocenters. The monoisotopic (exact) mass is 323 g/mol. The first-order chi connectivity index (χ1) is 11.4. The molecule has 1 aliphatic carbocycles. The van der Waals surface area contributed by atoms with Crippen molar-refractivity contribution in [3.05, 3.63) is 60.0 Å². The number of aromatic nitrogens is 2. The molecule has 24 heavy (non-hydrogen) atoms. The highest BCUT2D eigenvalue weighted by atomic mass is 19.3. The van der Waals surface area contributed by atoms with Gasteiger partial charge in [-0.05, 0) is 41.7 Å². The van der Waals surface area contributed by atoms with Crippen LogP contribution in [0.2, 0.25) is 0 Å². The first-order valence-corrected chi connectivity index (χ1v) is 7.81. The van der Waals surface area contributed by atoms with Gasteiger partial charge >= 0.3 is 0 Å². The number of nitrogens with zero attached hydrogens (tertiary/aromatic N) is 3. The Morgan fingerprint density at radius 3 is 2.38 bits per heavy atom. The number of fused-ring (bicyclic) bond motifs is 1. The number of alkyl halides is 2. The van der Waals surface area contributed by atoms with E-state index in [-0.39, 0.29) is 11.1 Å². The second kappa shape index (κ2) is 4.88. The number of hydrogen-bond acceptors (Lipinski definition) is 2. The molecule has 1 saturated carbocycles. The number of pyridine rings is 1. The topological polar surface area (TPSA) is 41.1 Å². The van der Waals surface area contributed by atoms with Crippen LogP contribution in [-0.4, -0.2) is 9.38 Å². The third kappa shape index (κ3) is 2.26. The van der Waals surface area contributed by atoms with Crippen molar-refractivity contribution in [3.8, 4) is 17.2 Å². The fraction of sp³-hybridized carbons (Fsp3) is 0.263. The van der Waals surface area contributed by atoms with Crippen molar-refractivity contribution in [2.75, 3.05) is 0 Å². The number of rotatable bonds is 3. The van der Waals surface area contributed by atoms with Crippen LogP contribution in [0.3, 0.4) is 0 Å². The Labute approximate surface area is 138 Å². The number of nitriles is 1. The lowest BCUT2D eigenvalue weighted by Gasteiger charge is -2.11. The third-order valence-electron chi connectivity index (χ3n) is 4.69. The Bertz CT molecular complexity index is 955. The molecule has 2 heterocycles. The molecule has 0 amide bonds. The standard InChI is InChI=1S/C19H15F2N3/c1-18(20,21)16-10-23-17-7-4-14(11-24(16)17)13-2-5-15(6-3-13)19(12-22)8-9-19/h2-7,10-11H,8-9H2,1H3. The van der Waals surface area contributed by atoms with Crippen molar-refractivity contribution in [1.29, 1.82) is 5.26 Å². The van der Waals surface area contributed by atoms with Gasteiger partial charge in [-0.25, -0.2) is 4.98 Å². The Morgan fingerprint density at radius 2 is 1.79 bits per heavy atom. The van der Waals surface area contributed by atoms with E-state index >= 15 is 0 Å². The molecule has 0 unspecified atom stereocenters. The van der Waals surface area contributed by atoms with Crippen LogP contribution in [0.25, 0.3) is 16.8 Å². The summed E-state index contributed by atoms with van der Waals surface area (Å²) in [6.45, 7) is 0.870. The molecule has 1 fully saturated rings. The summed E-state index contributed by atoms with van der Waals surface area (Å²) >= 11 is 0. The van der Waals surface area contributed by atoms with Crippen LogP contribution < -0.4 is 0 Å². The molecule has 4 rings (SSSR count). The lowest BCUT2D eigenvalue weighted by Crippen LogP contribution is -2.10. The second-order valence-corrected chi connectivity index (χ2v) is 6.45. The normalized spacial score (nSPS) is 16.1. The van der Waals surface area contributed by atoms with Crippen LogP contribution in [0.15, 0.2) is 48.8 Å². The Balaban J connectivity index is 1.75. The lowest BCUT2D eigenvalue weighted by molar-refractivity contribution is 0.0119. The molecule has 0 aliphatic heterocycles. The van der Waals surface area contributed by atoms with E-state index in [2.05, 4.69) is 11.1 Å². The summed E-state index contributed by atoms with van der Waals surface area (Å²) in [5.41, 5.74) is 2.83. The van der Waals surface area contributed by atoms with Crippen LogP contribution in [0.1, 0.15) is 31.0 Å². The molecular weight excluding hydrogens is 308 g/mol. The van der Waals surface area contributed by atoms with E-state index in [1.165, 1.54) is 10.6 Å². The number of hydrogen-bond donors (Lipinski definition) is 0. The van der Waals surface area contributed by atoms with Crippen LogP contribution in [-0.2, 0) is 11.3 Å². The average molecular weight is 323 g/mol. The highest BCUT2D eigenvalue weighted by molar-refractivity contribution is 5.65. The molecular formula is C19H15F2N3. The SMILES string of the molecule is CC(F)(F)c1cnc2ccc(-c3ccc(C4(C#N)CC4)cc3)cn12. The summed E-state index contributed by atoms with van der Waals surface area (Å²) in [6.07, 6.45) is 4.70. The van der Waals surface area contributed by atoms with Gasteiger partial charge in [0.2, 0.25) is 0 Å². The number of halogens is 2. The predicted octanol–water partition coefficient (Wildman–Crippen LogP) is 4.67. The van der Waals surface area contributed by atoms with Crippen molar-refractivity contribution in [2.45, 2.75) is 31.1 Å². The van der Waals surface area contributed by atoms with E-state index in [9.17, 15) is 14.0 Å². The first kappa shape index (κ1) is 14.8. The lowest BCUT2D eigenvalue weighted by atomic mass is 9.95. The predicted molar refractivity (Wildman–Crippen MR) is 86.7 cm³/mol. The van der Waals surface area contributed by atoms with Gasteiger partial charge in [-0.2, -0.15) is 14.0 Å². The smallest absolute Gasteiger partial charge is 0.286 e. The van der Waals surface area contributed by atoms with Gasteiger partial charge < -0.3 is 0 Å². The molecule has 2 aromatic heterocycles. The Hall–Kier alpha value is -2.74. The fourth-order valence-corrected chi connectivity index (χ4v) is 3.05. The van der Waals surface area contributed by atoms with Crippen molar-refractivity contribution in [1.82, 2.24) is 9.38 Å². The third-order valence-corrected chi connectivity index (χ3v) is 4.69. The van der Waals surface area contributed by atoms with E-state index in [4.69, 9.17) is 0 Å². The van der Waals surface area contributed by atoms with Gasteiger partial charge in [-0.15, -0.1) is 0 Å². The van der Waals surface area contributed by atoms with Crippen LogP contribution in [0.5, 0.6) is 0 Å². The Morgan fingerprint density at radius 1 is 1.12 bits per heavy atom. The minimum absolute atomic E-state index is 0.127. The molecule has 3 aromatic rings. The zero-order chi connectivity index (χ0) is 16.9. The Kier molecular flexibility index (Phi) is 3.01. The van der Waals surface area contributed by atoms with E-state index in [0.29, 0.717) is 5.65 Å². The summed E-state index contributed by atoms with van der Waals surface area (Å²) in [6, 6.07) is 13.8. The van der Waals surface area contributed by atoms with Gasteiger partial charge in [0.05, 0.1) is 17.7 Å². The van der Waals surface area contributed by atoms with E-state index in [0.717, 1.165) is 36.5 Å². The quantitative estimate of drug-likeness (QED) is 0.703. The molecule has 0 spiro atoms. The minimum Gasteiger partial charge on any atom is -0.298 e. The van der Waals surface area contributed by atoms with Crippen LogP contribution in [0.4, 0.5) is 8.78 Å².